The van der Waals surface area contributed by atoms with Crippen LogP contribution in [0.25, 0.3) is 0 Å². The van der Waals surface area contributed by atoms with Gasteiger partial charge in [0.15, 0.2) is 5.96 Å². The summed E-state index contributed by atoms with van der Waals surface area (Å²) in [6.45, 7) is 10.8. The Hall–Kier alpha value is -0.820. The van der Waals surface area contributed by atoms with Crippen LogP contribution in [0.5, 0.6) is 0 Å². The summed E-state index contributed by atoms with van der Waals surface area (Å²) in [5, 5.41) is 3.22. The molecular weight excluding hydrogens is 411 g/mol. The maximum absolute atomic E-state index is 6.01. The molecule has 1 aliphatic carbocycles. The van der Waals surface area contributed by atoms with Crippen LogP contribution in [0.2, 0.25) is 0 Å². The maximum Gasteiger partial charge on any atom is 0.193 e. The second-order valence-corrected chi connectivity index (χ2v) is 7.01. The first-order chi connectivity index (χ1) is 11.0. The van der Waals surface area contributed by atoms with E-state index in [0.29, 0.717) is 18.0 Å². The van der Waals surface area contributed by atoms with E-state index < -0.39 is 0 Å². The molecule has 0 fully saturated rings. The van der Waals surface area contributed by atoms with Gasteiger partial charge < -0.3 is 11.1 Å². The van der Waals surface area contributed by atoms with Crippen LogP contribution in [0.4, 0.5) is 5.69 Å². The largest absolute Gasteiger partial charge is 0.370 e. The van der Waals surface area contributed by atoms with Gasteiger partial charge in [-0.05, 0) is 76.6 Å². The Morgan fingerprint density at radius 1 is 1.17 bits per heavy atom. The van der Waals surface area contributed by atoms with Crippen molar-refractivity contribution in [2.75, 3.05) is 18.4 Å². The number of hydrogen-bond acceptors (Lipinski definition) is 2. The highest BCUT2D eigenvalue weighted by atomic mass is 127. The van der Waals surface area contributed by atoms with Gasteiger partial charge in [-0.2, -0.15) is 0 Å². The third-order valence-corrected chi connectivity index (χ3v) is 4.55. The number of halogens is 1. The van der Waals surface area contributed by atoms with Crippen LogP contribution in [0.3, 0.4) is 0 Å². The Bertz CT molecular complexity index is 532. The Balaban J connectivity index is 0.00000288. The second kappa shape index (κ2) is 10.2. The smallest absolute Gasteiger partial charge is 0.193 e. The van der Waals surface area contributed by atoms with E-state index in [1.54, 1.807) is 0 Å². The Kier molecular flexibility index (Phi) is 9.05. The van der Waals surface area contributed by atoms with Gasteiger partial charge in [-0.3, -0.25) is 9.89 Å². The van der Waals surface area contributed by atoms with E-state index in [0.717, 1.165) is 25.2 Å². The van der Waals surface area contributed by atoms with Crippen molar-refractivity contribution >= 4 is 35.6 Å². The van der Waals surface area contributed by atoms with Crippen LogP contribution >= 0.6 is 24.0 Å². The van der Waals surface area contributed by atoms with Crippen LogP contribution < -0.4 is 11.1 Å². The van der Waals surface area contributed by atoms with Gasteiger partial charge in [0.05, 0.1) is 0 Å². The number of guanidine groups is 1. The van der Waals surface area contributed by atoms with E-state index >= 15 is 0 Å². The summed E-state index contributed by atoms with van der Waals surface area (Å²) >= 11 is 0. The van der Waals surface area contributed by atoms with Gasteiger partial charge in [0, 0.05) is 30.9 Å². The molecule has 5 heteroatoms. The molecule has 0 unspecified atom stereocenters. The molecule has 0 aliphatic heterocycles. The first-order valence-corrected chi connectivity index (χ1v) is 8.92. The Morgan fingerprint density at radius 2 is 1.83 bits per heavy atom. The molecule has 2 rings (SSSR count). The van der Waals surface area contributed by atoms with Crippen molar-refractivity contribution in [3.8, 4) is 0 Å². The van der Waals surface area contributed by atoms with Crippen LogP contribution in [0, 0.1) is 0 Å². The molecule has 0 aromatic heterocycles. The minimum absolute atomic E-state index is 0. The number of rotatable bonds is 7. The molecule has 0 saturated carbocycles. The predicted molar refractivity (Wildman–Crippen MR) is 116 cm³/mol. The van der Waals surface area contributed by atoms with Crippen molar-refractivity contribution in [1.29, 1.82) is 0 Å². The van der Waals surface area contributed by atoms with Crippen molar-refractivity contribution in [2.45, 2.75) is 65.5 Å². The SMILES string of the molecule is CC(C)N(CCCN=C(N)Nc1ccc2c(c1)CCC2)C(C)C.I. The highest BCUT2D eigenvalue weighted by molar-refractivity contribution is 14.0. The molecule has 1 aliphatic rings. The van der Waals surface area contributed by atoms with Gasteiger partial charge >= 0.3 is 0 Å². The summed E-state index contributed by atoms with van der Waals surface area (Å²) < 4.78 is 0. The summed E-state index contributed by atoms with van der Waals surface area (Å²) in [7, 11) is 0. The molecule has 0 spiro atoms. The monoisotopic (exact) mass is 444 g/mol. The van der Waals surface area contributed by atoms with Crippen molar-refractivity contribution in [3.05, 3.63) is 29.3 Å². The van der Waals surface area contributed by atoms with E-state index in [1.807, 2.05) is 0 Å². The van der Waals surface area contributed by atoms with Crippen LogP contribution in [-0.4, -0.2) is 36.0 Å². The molecule has 0 atom stereocenters. The summed E-state index contributed by atoms with van der Waals surface area (Å²) in [5.74, 6) is 0.517. The predicted octanol–water partition coefficient (Wildman–Crippen LogP) is 4.03. The quantitative estimate of drug-likeness (QED) is 0.289. The van der Waals surface area contributed by atoms with Gasteiger partial charge in [-0.25, -0.2) is 0 Å². The summed E-state index contributed by atoms with van der Waals surface area (Å²) in [6.07, 6.45) is 4.69. The van der Waals surface area contributed by atoms with Crippen molar-refractivity contribution in [1.82, 2.24) is 4.90 Å². The minimum Gasteiger partial charge on any atom is -0.370 e. The number of nitrogens with zero attached hydrogens (tertiary/aromatic N) is 2. The zero-order valence-electron chi connectivity index (χ0n) is 15.5. The van der Waals surface area contributed by atoms with Crippen molar-refractivity contribution in [3.63, 3.8) is 0 Å². The molecule has 24 heavy (non-hydrogen) atoms. The average Bonchev–Trinajstić information content (AvgIpc) is 2.93. The number of hydrogen-bond donors (Lipinski definition) is 2. The fraction of sp³-hybridized carbons (Fsp3) is 0.632. The lowest BCUT2D eigenvalue weighted by Gasteiger charge is -2.30. The molecule has 1 aromatic rings. The molecule has 0 bridgehead atoms. The molecule has 136 valence electrons. The van der Waals surface area contributed by atoms with E-state index in [-0.39, 0.29) is 24.0 Å². The van der Waals surface area contributed by atoms with Crippen molar-refractivity contribution < 1.29 is 0 Å². The molecular formula is C19H33IN4. The van der Waals surface area contributed by atoms with Crippen LogP contribution in [0.15, 0.2) is 23.2 Å². The molecule has 0 amide bonds. The molecule has 0 saturated heterocycles. The normalized spacial score (nSPS) is 14.2. The van der Waals surface area contributed by atoms with Gasteiger partial charge in [-0.1, -0.05) is 6.07 Å². The minimum atomic E-state index is 0. The molecule has 0 radical (unpaired) electrons. The third kappa shape index (κ3) is 6.24. The summed E-state index contributed by atoms with van der Waals surface area (Å²) in [5.41, 5.74) is 10.00. The molecule has 1 aromatic carbocycles. The second-order valence-electron chi connectivity index (χ2n) is 7.01. The van der Waals surface area contributed by atoms with E-state index in [1.165, 1.54) is 30.4 Å². The zero-order valence-corrected chi connectivity index (χ0v) is 17.8. The van der Waals surface area contributed by atoms with Crippen LogP contribution in [-0.2, 0) is 12.8 Å². The standard InChI is InChI=1S/C19H32N4.HI/c1-14(2)23(15(3)4)12-6-11-21-19(20)22-18-10-9-16-7-5-8-17(16)13-18;/h9-10,13-15H,5-8,11-12H2,1-4H3,(H3,20,21,22);1H. The lowest BCUT2D eigenvalue weighted by molar-refractivity contribution is 0.174. The van der Waals surface area contributed by atoms with Crippen LogP contribution in [0.1, 0.15) is 51.7 Å². The molecule has 4 nitrogen and oxygen atoms in total. The van der Waals surface area contributed by atoms with Crippen molar-refractivity contribution in [2.24, 2.45) is 10.7 Å². The first kappa shape index (κ1) is 21.2. The van der Waals surface area contributed by atoms with Gasteiger partial charge in [0.1, 0.15) is 0 Å². The topological polar surface area (TPSA) is 53.6 Å². The number of nitrogens with two attached hydrogens (primary N) is 1. The molecule has 3 N–H and O–H groups in total. The Labute approximate surface area is 164 Å². The lowest BCUT2D eigenvalue weighted by atomic mass is 10.1. The summed E-state index contributed by atoms with van der Waals surface area (Å²) in [6, 6.07) is 7.67. The summed E-state index contributed by atoms with van der Waals surface area (Å²) in [4.78, 5) is 6.95. The zero-order chi connectivity index (χ0) is 16.8. The first-order valence-electron chi connectivity index (χ1n) is 8.92. The number of fused-ring (bicyclic) bond motifs is 1. The van der Waals surface area contributed by atoms with Gasteiger partial charge in [-0.15, -0.1) is 24.0 Å². The van der Waals surface area contributed by atoms with E-state index in [9.17, 15) is 0 Å². The fourth-order valence-corrected chi connectivity index (χ4v) is 3.40. The highest BCUT2D eigenvalue weighted by Crippen LogP contribution is 2.24. The lowest BCUT2D eigenvalue weighted by Crippen LogP contribution is -2.38. The van der Waals surface area contributed by atoms with E-state index in [2.05, 4.69) is 61.1 Å². The number of nitrogens with one attached hydrogen (secondary N) is 1. The van der Waals surface area contributed by atoms with Gasteiger partial charge in [0.25, 0.3) is 0 Å². The van der Waals surface area contributed by atoms with Gasteiger partial charge in [0.2, 0.25) is 0 Å². The highest BCUT2D eigenvalue weighted by Gasteiger charge is 2.12. The Morgan fingerprint density at radius 3 is 2.50 bits per heavy atom. The number of benzene rings is 1. The number of aryl methyl sites for hydroxylation is 2. The number of aliphatic imine (C=N–C) groups is 1. The van der Waals surface area contributed by atoms with E-state index in [4.69, 9.17) is 5.73 Å². The average molecular weight is 444 g/mol. The maximum atomic E-state index is 6.01. The molecule has 0 heterocycles. The number of anilines is 1. The fourth-order valence-electron chi connectivity index (χ4n) is 3.40. The third-order valence-electron chi connectivity index (χ3n) is 4.55.